The van der Waals surface area contributed by atoms with Gasteiger partial charge in [0.05, 0.1) is 5.69 Å². The second-order valence-corrected chi connectivity index (χ2v) is 6.04. The number of aryl methyl sites for hydroxylation is 1. The third-order valence-corrected chi connectivity index (χ3v) is 4.46. The Bertz CT molecular complexity index is 677. The van der Waals surface area contributed by atoms with Crippen molar-refractivity contribution >= 4 is 23.2 Å². The molecule has 0 unspecified atom stereocenters. The normalized spacial score (nSPS) is 21.7. The summed E-state index contributed by atoms with van der Waals surface area (Å²) in [6.07, 6.45) is 2.74. The molecule has 1 saturated heterocycles. The van der Waals surface area contributed by atoms with Crippen LogP contribution >= 0.6 is 11.6 Å². The van der Waals surface area contributed by atoms with E-state index in [0.29, 0.717) is 36.9 Å². The molecule has 2 aromatic heterocycles. The molecule has 2 aromatic rings. The lowest BCUT2D eigenvalue weighted by Crippen LogP contribution is -2.35. The third-order valence-electron chi connectivity index (χ3n) is 4.09. The average Bonchev–Trinajstić information content (AvgIpc) is 3.07. The van der Waals surface area contributed by atoms with Crippen LogP contribution in [0.1, 0.15) is 12.1 Å². The Kier molecular flexibility index (Phi) is 4.63. The number of rotatable bonds is 5. The SMILES string of the molecule is Cn1nccc1CN1C[C@@H](F)C[C@H]1CNc1ncnc(N)c1Cl. The standard InChI is InChI=1S/C14H19ClFN7/c1-22-10(2-3-21-22)7-23-6-9(16)4-11(23)5-18-14-12(15)13(17)19-8-20-14/h2-3,8-9,11H,4-7H2,1H3,(H3,17,18,19,20)/t9-,11-/m0/s1. The number of anilines is 2. The Labute approximate surface area is 138 Å². The molecule has 2 atom stereocenters. The van der Waals surface area contributed by atoms with Crippen LogP contribution in [0.2, 0.25) is 5.02 Å². The molecular formula is C14H19ClFN7. The van der Waals surface area contributed by atoms with E-state index in [2.05, 4.69) is 25.3 Å². The van der Waals surface area contributed by atoms with Crippen molar-refractivity contribution in [1.29, 1.82) is 0 Å². The van der Waals surface area contributed by atoms with Gasteiger partial charge in [-0.1, -0.05) is 11.6 Å². The number of hydrogen-bond acceptors (Lipinski definition) is 6. The minimum atomic E-state index is -0.832. The maximum absolute atomic E-state index is 13.9. The van der Waals surface area contributed by atoms with Crippen molar-refractivity contribution in [3.05, 3.63) is 29.3 Å². The van der Waals surface area contributed by atoms with Gasteiger partial charge in [0.15, 0.2) is 5.82 Å². The van der Waals surface area contributed by atoms with E-state index >= 15 is 0 Å². The Morgan fingerprint density at radius 2 is 2.30 bits per heavy atom. The summed E-state index contributed by atoms with van der Waals surface area (Å²) >= 11 is 6.07. The maximum Gasteiger partial charge on any atom is 0.150 e. The molecule has 0 spiro atoms. The van der Waals surface area contributed by atoms with E-state index in [9.17, 15) is 4.39 Å². The summed E-state index contributed by atoms with van der Waals surface area (Å²) in [5.74, 6) is 0.702. The molecule has 9 heteroatoms. The number of nitrogen functional groups attached to an aromatic ring is 1. The van der Waals surface area contributed by atoms with E-state index in [-0.39, 0.29) is 11.9 Å². The second kappa shape index (κ2) is 6.67. The number of likely N-dealkylation sites (tertiary alicyclic amines) is 1. The molecule has 3 heterocycles. The van der Waals surface area contributed by atoms with Gasteiger partial charge in [-0.05, 0) is 12.5 Å². The maximum atomic E-state index is 13.9. The molecular weight excluding hydrogens is 321 g/mol. The minimum absolute atomic E-state index is 0.0483. The Hall–Kier alpha value is -1.93. The Morgan fingerprint density at radius 1 is 1.48 bits per heavy atom. The average molecular weight is 340 g/mol. The van der Waals surface area contributed by atoms with Crippen LogP contribution in [-0.4, -0.2) is 50.0 Å². The molecule has 0 radical (unpaired) electrons. The van der Waals surface area contributed by atoms with E-state index in [1.807, 2.05) is 13.1 Å². The van der Waals surface area contributed by atoms with Gasteiger partial charge in [0, 0.05) is 38.9 Å². The van der Waals surface area contributed by atoms with Crippen LogP contribution in [0.5, 0.6) is 0 Å². The molecule has 7 nitrogen and oxygen atoms in total. The highest BCUT2D eigenvalue weighted by Gasteiger charge is 2.32. The van der Waals surface area contributed by atoms with Gasteiger partial charge in [-0.2, -0.15) is 5.10 Å². The minimum Gasteiger partial charge on any atom is -0.382 e. The molecule has 3 N–H and O–H groups in total. The fraction of sp³-hybridized carbons (Fsp3) is 0.500. The molecule has 0 saturated carbocycles. The molecule has 0 amide bonds. The smallest absolute Gasteiger partial charge is 0.150 e. The number of nitrogens with two attached hydrogens (primary N) is 1. The summed E-state index contributed by atoms with van der Waals surface area (Å²) in [5, 5.41) is 7.59. The Balaban J connectivity index is 1.65. The van der Waals surface area contributed by atoms with Crippen LogP contribution < -0.4 is 11.1 Å². The molecule has 3 rings (SSSR count). The van der Waals surface area contributed by atoms with Gasteiger partial charge >= 0.3 is 0 Å². The van der Waals surface area contributed by atoms with Crippen LogP contribution in [0, 0.1) is 0 Å². The lowest BCUT2D eigenvalue weighted by atomic mass is 10.2. The zero-order valence-electron chi connectivity index (χ0n) is 12.8. The number of alkyl halides is 1. The molecule has 124 valence electrons. The molecule has 1 aliphatic rings. The fourth-order valence-electron chi connectivity index (χ4n) is 2.81. The van der Waals surface area contributed by atoms with Crippen molar-refractivity contribution in [2.45, 2.75) is 25.2 Å². The number of hydrogen-bond donors (Lipinski definition) is 2. The lowest BCUT2D eigenvalue weighted by Gasteiger charge is -2.24. The van der Waals surface area contributed by atoms with E-state index in [4.69, 9.17) is 17.3 Å². The Morgan fingerprint density at radius 3 is 3.04 bits per heavy atom. The molecule has 23 heavy (non-hydrogen) atoms. The van der Waals surface area contributed by atoms with Crippen molar-refractivity contribution in [3.63, 3.8) is 0 Å². The summed E-state index contributed by atoms with van der Waals surface area (Å²) in [6.45, 7) is 1.61. The number of nitrogens with zero attached hydrogens (tertiary/aromatic N) is 5. The van der Waals surface area contributed by atoms with Crippen LogP contribution in [0.3, 0.4) is 0 Å². The van der Waals surface area contributed by atoms with Gasteiger partial charge in [0.25, 0.3) is 0 Å². The van der Waals surface area contributed by atoms with Crippen molar-refractivity contribution in [3.8, 4) is 0 Å². The first-order valence-electron chi connectivity index (χ1n) is 7.39. The van der Waals surface area contributed by atoms with Crippen LogP contribution in [0.4, 0.5) is 16.0 Å². The van der Waals surface area contributed by atoms with Gasteiger partial charge in [-0.3, -0.25) is 9.58 Å². The van der Waals surface area contributed by atoms with Crippen molar-refractivity contribution < 1.29 is 4.39 Å². The molecule has 0 aromatic carbocycles. The van der Waals surface area contributed by atoms with Crippen molar-refractivity contribution in [1.82, 2.24) is 24.6 Å². The number of halogens is 2. The number of aromatic nitrogens is 4. The van der Waals surface area contributed by atoms with Gasteiger partial charge in [0.1, 0.15) is 23.3 Å². The molecule has 1 aliphatic heterocycles. The highest BCUT2D eigenvalue weighted by atomic mass is 35.5. The van der Waals surface area contributed by atoms with E-state index < -0.39 is 6.17 Å². The fourth-order valence-corrected chi connectivity index (χ4v) is 2.98. The zero-order chi connectivity index (χ0) is 16.4. The van der Waals surface area contributed by atoms with Crippen molar-refractivity contribution in [2.75, 3.05) is 24.1 Å². The lowest BCUT2D eigenvalue weighted by molar-refractivity contribution is 0.235. The van der Waals surface area contributed by atoms with Gasteiger partial charge in [0.2, 0.25) is 0 Å². The van der Waals surface area contributed by atoms with Crippen molar-refractivity contribution in [2.24, 2.45) is 7.05 Å². The predicted molar refractivity (Wildman–Crippen MR) is 86.9 cm³/mol. The van der Waals surface area contributed by atoms with Crippen LogP contribution in [0.25, 0.3) is 0 Å². The van der Waals surface area contributed by atoms with E-state index in [0.717, 1.165) is 5.69 Å². The largest absolute Gasteiger partial charge is 0.382 e. The summed E-state index contributed by atoms with van der Waals surface area (Å²) < 4.78 is 15.7. The van der Waals surface area contributed by atoms with Gasteiger partial charge in [-0.15, -0.1) is 0 Å². The second-order valence-electron chi connectivity index (χ2n) is 5.66. The monoisotopic (exact) mass is 339 g/mol. The van der Waals surface area contributed by atoms with E-state index in [1.54, 1.807) is 10.9 Å². The van der Waals surface area contributed by atoms with Gasteiger partial charge in [-0.25, -0.2) is 14.4 Å². The highest BCUT2D eigenvalue weighted by molar-refractivity contribution is 6.35. The first-order chi connectivity index (χ1) is 11.0. The van der Waals surface area contributed by atoms with Crippen LogP contribution in [-0.2, 0) is 13.6 Å². The summed E-state index contributed by atoms with van der Waals surface area (Å²) in [5.41, 5.74) is 6.71. The van der Waals surface area contributed by atoms with Gasteiger partial charge < -0.3 is 11.1 Å². The summed E-state index contributed by atoms with van der Waals surface area (Å²) in [7, 11) is 1.88. The number of nitrogens with one attached hydrogen (secondary N) is 1. The predicted octanol–water partition coefficient (Wildman–Crippen LogP) is 1.47. The topological polar surface area (TPSA) is 84.9 Å². The first-order valence-corrected chi connectivity index (χ1v) is 7.77. The third kappa shape index (κ3) is 3.53. The molecule has 0 bridgehead atoms. The highest BCUT2D eigenvalue weighted by Crippen LogP contribution is 2.26. The quantitative estimate of drug-likeness (QED) is 0.858. The summed E-state index contributed by atoms with van der Waals surface area (Å²) in [6, 6.07) is 1.99. The summed E-state index contributed by atoms with van der Waals surface area (Å²) in [4.78, 5) is 10.00. The molecule has 0 aliphatic carbocycles. The van der Waals surface area contributed by atoms with Crippen LogP contribution in [0.15, 0.2) is 18.6 Å². The molecule has 1 fully saturated rings. The first kappa shape index (κ1) is 15.9. The van der Waals surface area contributed by atoms with E-state index in [1.165, 1.54) is 6.33 Å². The zero-order valence-corrected chi connectivity index (χ0v) is 13.5.